The third-order valence-electron chi connectivity index (χ3n) is 4.45. The van der Waals surface area contributed by atoms with Crippen molar-refractivity contribution in [1.29, 1.82) is 0 Å². The van der Waals surface area contributed by atoms with Crippen LogP contribution < -0.4 is 15.4 Å². The third kappa shape index (κ3) is 3.07. The number of nitrogens with one attached hydrogen (secondary N) is 2. The molecule has 23 heavy (non-hydrogen) atoms. The molecule has 1 aromatic carbocycles. The fourth-order valence-corrected chi connectivity index (χ4v) is 3.47. The molecule has 3 atom stereocenters. The van der Waals surface area contributed by atoms with Gasteiger partial charge in [-0.1, -0.05) is 11.6 Å². The number of carbonyl (C=O) groups is 1. The van der Waals surface area contributed by atoms with Crippen LogP contribution in [0.25, 0.3) is 0 Å². The van der Waals surface area contributed by atoms with Gasteiger partial charge in [-0.25, -0.2) is 0 Å². The number of carbonyl (C=O) groups excluding carboxylic acids is 1. The Morgan fingerprint density at radius 1 is 1.22 bits per heavy atom. The smallest absolute Gasteiger partial charge is 0.290 e. The molecule has 0 saturated carbocycles. The molecule has 2 fully saturated rings. The van der Waals surface area contributed by atoms with Crippen molar-refractivity contribution in [3.05, 3.63) is 47.2 Å². The molecule has 0 spiro atoms. The maximum atomic E-state index is 12.3. The first kappa shape index (κ1) is 14.6. The Hall–Kier alpha value is -1.98. The summed E-state index contributed by atoms with van der Waals surface area (Å²) in [5.41, 5.74) is 0. The Kier molecular flexibility index (Phi) is 3.75. The van der Waals surface area contributed by atoms with E-state index in [1.807, 2.05) is 0 Å². The van der Waals surface area contributed by atoms with Gasteiger partial charge in [0.15, 0.2) is 5.76 Å². The zero-order valence-electron chi connectivity index (χ0n) is 12.4. The molecule has 5 nitrogen and oxygen atoms in total. The van der Waals surface area contributed by atoms with Gasteiger partial charge in [-0.05, 0) is 49.6 Å². The highest BCUT2D eigenvalue weighted by molar-refractivity contribution is 6.30. The van der Waals surface area contributed by atoms with Crippen LogP contribution in [0.3, 0.4) is 0 Å². The number of furan rings is 1. The summed E-state index contributed by atoms with van der Waals surface area (Å²) in [5, 5.41) is 7.17. The van der Waals surface area contributed by atoms with E-state index < -0.39 is 0 Å². The van der Waals surface area contributed by atoms with Crippen LogP contribution in [0.15, 0.2) is 40.8 Å². The van der Waals surface area contributed by atoms with Crippen LogP contribution >= 0.6 is 11.6 Å². The van der Waals surface area contributed by atoms with Gasteiger partial charge in [0.2, 0.25) is 0 Å². The van der Waals surface area contributed by atoms with Crippen LogP contribution in [0.5, 0.6) is 11.7 Å². The molecule has 1 amide bonds. The van der Waals surface area contributed by atoms with E-state index in [1.165, 1.54) is 6.42 Å². The molecular weight excluding hydrogens is 316 g/mol. The lowest BCUT2D eigenvalue weighted by atomic mass is 9.95. The molecule has 2 bridgehead atoms. The Morgan fingerprint density at radius 2 is 2.04 bits per heavy atom. The number of ether oxygens (including phenoxy) is 1. The average Bonchev–Trinajstić information content (AvgIpc) is 3.26. The van der Waals surface area contributed by atoms with E-state index in [4.69, 9.17) is 20.8 Å². The predicted molar refractivity (Wildman–Crippen MR) is 86.1 cm³/mol. The first-order chi connectivity index (χ1) is 11.2. The highest BCUT2D eigenvalue weighted by Gasteiger charge is 2.39. The average molecular weight is 333 g/mol. The molecule has 120 valence electrons. The lowest BCUT2D eigenvalue weighted by Crippen LogP contribution is -2.42. The van der Waals surface area contributed by atoms with Gasteiger partial charge < -0.3 is 19.8 Å². The molecule has 2 saturated heterocycles. The van der Waals surface area contributed by atoms with Crippen molar-refractivity contribution in [1.82, 2.24) is 10.6 Å². The molecule has 6 heteroatoms. The van der Waals surface area contributed by atoms with Gasteiger partial charge in [0.1, 0.15) is 5.75 Å². The molecular formula is C17H17ClN2O3. The first-order valence-corrected chi connectivity index (χ1v) is 8.15. The number of hydrogen-bond acceptors (Lipinski definition) is 4. The second kappa shape index (κ2) is 5.91. The van der Waals surface area contributed by atoms with Crippen LogP contribution in [0.2, 0.25) is 5.02 Å². The maximum Gasteiger partial charge on any atom is 0.290 e. The minimum atomic E-state index is -0.199. The van der Waals surface area contributed by atoms with Gasteiger partial charge in [0, 0.05) is 29.2 Å². The molecule has 3 heterocycles. The molecule has 0 radical (unpaired) electrons. The number of benzene rings is 1. The minimum Gasteiger partial charge on any atom is -0.426 e. The van der Waals surface area contributed by atoms with Gasteiger partial charge >= 0.3 is 0 Å². The molecule has 0 unspecified atom stereocenters. The summed E-state index contributed by atoms with van der Waals surface area (Å²) in [7, 11) is 0. The maximum absolute atomic E-state index is 12.3. The van der Waals surface area contributed by atoms with Gasteiger partial charge in [-0.3, -0.25) is 4.79 Å². The van der Waals surface area contributed by atoms with Crippen molar-refractivity contribution in [3.63, 3.8) is 0 Å². The fourth-order valence-electron chi connectivity index (χ4n) is 3.34. The van der Waals surface area contributed by atoms with Gasteiger partial charge in [-0.15, -0.1) is 0 Å². The van der Waals surface area contributed by atoms with E-state index in [1.54, 1.807) is 36.4 Å². The van der Waals surface area contributed by atoms with Crippen molar-refractivity contribution >= 4 is 17.5 Å². The summed E-state index contributed by atoms with van der Waals surface area (Å²) >= 11 is 5.83. The Labute approximate surface area is 139 Å². The Bertz CT molecular complexity index is 713. The molecule has 2 aliphatic heterocycles. The monoisotopic (exact) mass is 332 g/mol. The molecule has 2 N–H and O–H groups in total. The molecule has 2 aliphatic rings. The summed E-state index contributed by atoms with van der Waals surface area (Å²) in [6.07, 6.45) is 3.32. The van der Waals surface area contributed by atoms with Gasteiger partial charge in [-0.2, -0.15) is 0 Å². The van der Waals surface area contributed by atoms with E-state index in [-0.39, 0.29) is 23.7 Å². The van der Waals surface area contributed by atoms with Crippen molar-refractivity contribution in [3.8, 4) is 11.7 Å². The molecule has 1 aromatic heterocycles. The lowest BCUT2D eigenvalue weighted by Gasteiger charge is -2.20. The molecule has 2 aromatic rings. The van der Waals surface area contributed by atoms with E-state index in [2.05, 4.69) is 10.6 Å². The second-order valence-corrected chi connectivity index (χ2v) is 6.47. The number of amides is 1. The first-order valence-electron chi connectivity index (χ1n) is 7.77. The van der Waals surface area contributed by atoms with E-state index in [0.29, 0.717) is 22.9 Å². The third-order valence-corrected chi connectivity index (χ3v) is 4.71. The standard InChI is InChI=1S/C17H17ClN2O3/c18-10-1-4-12(5-2-10)22-16-8-7-15(23-16)17(21)20-14-9-11-3-6-13(14)19-11/h1-2,4-5,7-8,11,13-14,19H,3,6,9H2,(H,20,21)/t11-,13+,14-/m1/s1. The highest BCUT2D eigenvalue weighted by atomic mass is 35.5. The zero-order chi connectivity index (χ0) is 15.8. The quantitative estimate of drug-likeness (QED) is 0.901. The fraction of sp³-hybridized carbons (Fsp3) is 0.353. The summed E-state index contributed by atoms with van der Waals surface area (Å²) in [5.74, 6) is 0.948. The number of hydrogen-bond donors (Lipinski definition) is 2. The van der Waals surface area contributed by atoms with E-state index in [9.17, 15) is 4.79 Å². The number of fused-ring (bicyclic) bond motifs is 2. The van der Waals surface area contributed by atoms with E-state index >= 15 is 0 Å². The Balaban J connectivity index is 1.39. The second-order valence-electron chi connectivity index (χ2n) is 6.04. The zero-order valence-corrected chi connectivity index (χ0v) is 13.2. The largest absolute Gasteiger partial charge is 0.426 e. The molecule has 4 rings (SSSR count). The van der Waals surface area contributed by atoms with E-state index in [0.717, 1.165) is 12.8 Å². The SMILES string of the molecule is O=C(N[C@@H]1C[C@H]2CC[C@@H]1N2)c1ccc(Oc2ccc(Cl)cc2)o1. The van der Waals surface area contributed by atoms with Crippen molar-refractivity contribution in [2.45, 2.75) is 37.4 Å². The number of halogens is 1. The van der Waals surface area contributed by atoms with Crippen LogP contribution in [0.4, 0.5) is 0 Å². The van der Waals surface area contributed by atoms with Crippen LogP contribution in [0, 0.1) is 0 Å². The summed E-state index contributed by atoms with van der Waals surface area (Å²) in [4.78, 5) is 12.3. The topological polar surface area (TPSA) is 63.5 Å². The summed E-state index contributed by atoms with van der Waals surface area (Å²) in [6, 6.07) is 11.3. The van der Waals surface area contributed by atoms with Crippen LogP contribution in [0.1, 0.15) is 29.8 Å². The number of rotatable bonds is 4. The minimum absolute atomic E-state index is 0.187. The summed E-state index contributed by atoms with van der Waals surface area (Å²) < 4.78 is 11.0. The van der Waals surface area contributed by atoms with Crippen LogP contribution in [-0.2, 0) is 0 Å². The van der Waals surface area contributed by atoms with Crippen molar-refractivity contribution in [2.75, 3.05) is 0 Å². The lowest BCUT2D eigenvalue weighted by molar-refractivity contribution is 0.0898. The van der Waals surface area contributed by atoms with Crippen molar-refractivity contribution < 1.29 is 13.9 Å². The summed E-state index contributed by atoms with van der Waals surface area (Å²) in [6.45, 7) is 0. The normalized spacial score (nSPS) is 25.5. The molecule has 0 aliphatic carbocycles. The van der Waals surface area contributed by atoms with Gasteiger partial charge in [0.05, 0.1) is 0 Å². The predicted octanol–water partition coefficient (Wildman–Crippen LogP) is 3.35. The Morgan fingerprint density at radius 3 is 2.74 bits per heavy atom. The van der Waals surface area contributed by atoms with Crippen LogP contribution in [-0.4, -0.2) is 24.0 Å². The van der Waals surface area contributed by atoms with Crippen molar-refractivity contribution in [2.24, 2.45) is 0 Å². The van der Waals surface area contributed by atoms with Gasteiger partial charge in [0.25, 0.3) is 11.9 Å². The highest BCUT2D eigenvalue weighted by Crippen LogP contribution is 2.29.